The molecule has 1 atom stereocenters. The molecule has 0 aliphatic rings. The molecule has 4 heteroatoms. The van der Waals surface area contributed by atoms with E-state index in [-0.39, 0.29) is 17.3 Å². The van der Waals surface area contributed by atoms with Gasteiger partial charge in [-0.3, -0.25) is 4.79 Å². The molecule has 0 aromatic heterocycles. The van der Waals surface area contributed by atoms with Crippen molar-refractivity contribution in [3.8, 4) is 0 Å². The summed E-state index contributed by atoms with van der Waals surface area (Å²) in [4.78, 5) is 24.5. The Labute approximate surface area is 158 Å². The maximum absolute atomic E-state index is 12.5. The number of hydrogen-bond acceptors (Lipinski definition) is 3. The first kappa shape index (κ1) is 22.2. The van der Waals surface area contributed by atoms with Gasteiger partial charge in [0.25, 0.3) is 5.91 Å². The van der Waals surface area contributed by atoms with Gasteiger partial charge in [0, 0.05) is 5.56 Å². The number of nitrogens with one attached hydrogen (secondary N) is 1. The van der Waals surface area contributed by atoms with Crippen LogP contribution in [0, 0.1) is 0 Å². The van der Waals surface area contributed by atoms with E-state index in [1.807, 2.05) is 24.3 Å². The highest BCUT2D eigenvalue weighted by Crippen LogP contribution is 2.22. The van der Waals surface area contributed by atoms with Crippen LogP contribution in [0.4, 0.5) is 0 Å². The van der Waals surface area contributed by atoms with Crippen LogP contribution in [-0.2, 0) is 14.9 Å². The average Bonchev–Trinajstić information content (AvgIpc) is 2.62. The van der Waals surface area contributed by atoms with Gasteiger partial charge in [-0.1, -0.05) is 78.4 Å². The van der Waals surface area contributed by atoms with Gasteiger partial charge in [0.1, 0.15) is 6.04 Å². The Hall–Kier alpha value is -1.84. The van der Waals surface area contributed by atoms with Crippen LogP contribution >= 0.6 is 0 Å². The van der Waals surface area contributed by atoms with E-state index in [1.54, 1.807) is 0 Å². The second-order valence-electron chi connectivity index (χ2n) is 7.93. The predicted molar refractivity (Wildman–Crippen MR) is 106 cm³/mol. The topological polar surface area (TPSA) is 55.4 Å². The van der Waals surface area contributed by atoms with E-state index >= 15 is 0 Å². The van der Waals surface area contributed by atoms with Crippen molar-refractivity contribution in [2.24, 2.45) is 0 Å². The molecule has 0 spiro atoms. The lowest BCUT2D eigenvalue weighted by Gasteiger charge is -2.20. The van der Waals surface area contributed by atoms with Crippen molar-refractivity contribution in [2.75, 3.05) is 7.11 Å². The fourth-order valence-corrected chi connectivity index (χ4v) is 2.88. The number of unbranched alkanes of at least 4 members (excludes halogenated alkanes) is 5. The number of esters is 1. The molecule has 0 aliphatic carbocycles. The Morgan fingerprint density at radius 3 is 2.12 bits per heavy atom. The summed E-state index contributed by atoms with van der Waals surface area (Å²) in [6, 6.07) is 6.98. The highest BCUT2D eigenvalue weighted by molar-refractivity contribution is 5.96. The summed E-state index contributed by atoms with van der Waals surface area (Å²) in [6.07, 6.45) is 7.47. The molecule has 26 heavy (non-hydrogen) atoms. The number of amides is 1. The van der Waals surface area contributed by atoms with Gasteiger partial charge in [-0.15, -0.1) is 0 Å². The second kappa shape index (κ2) is 11.0. The first-order valence-corrected chi connectivity index (χ1v) is 9.78. The van der Waals surface area contributed by atoms with E-state index in [2.05, 4.69) is 33.0 Å². The van der Waals surface area contributed by atoms with Crippen LogP contribution < -0.4 is 5.32 Å². The van der Waals surface area contributed by atoms with Crippen LogP contribution in [0.1, 0.15) is 88.6 Å². The number of benzene rings is 1. The molecule has 4 nitrogen and oxygen atoms in total. The fourth-order valence-electron chi connectivity index (χ4n) is 2.88. The van der Waals surface area contributed by atoms with E-state index in [9.17, 15) is 9.59 Å². The van der Waals surface area contributed by atoms with Crippen molar-refractivity contribution in [1.29, 1.82) is 0 Å². The smallest absolute Gasteiger partial charge is 0.328 e. The number of ether oxygens (including phenoxy) is 1. The van der Waals surface area contributed by atoms with Gasteiger partial charge in [0.05, 0.1) is 7.11 Å². The van der Waals surface area contributed by atoms with E-state index < -0.39 is 6.04 Å². The molecule has 1 aromatic carbocycles. The van der Waals surface area contributed by atoms with Gasteiger partial charge in [-0.25, -0.2) is 4.79 Å². The summed E-state index contributed by atoms with van der Waals surface area (Å²) < 4.78 is 4.85. The van der Waals surface area contributed by atoms with Gasteiger partial charge in [-0.05, 0) is 29.5 Å². The maximum atomic E-state index is 12.5. The zero-order valence-corrected chi connectivity index (χ0v) is 17.1. The van der Waals surface area contributed by atoms with E-state index in [4.69, 9.17) is 4.74 Å². The summed E-state index contributed by atoms with van der Waals surface area (Å²) >= 11 is 0. The van der Waals surface area contributed by atoms with Crippen molar-refractivity contribution in [1.82, 2.24) is 5.32 Å². The molecular weight excluding hydrogens is 326 g/mol. The molecule has 0 saturated heterocycles. The molecule has 146 valence electrons. The second-order valence-corrected chi connectivity index (χ2v) is 7.93. The van der Waals surface area contributed by atoms with Gasteiger partial charge in [0.15, 0.2) is 0 Å². The molecule has 0 radical (unpaired) electrons. The Morgan fingerprint density at radius 1 is 1.00 bits per heavy atom. The van der Waals surface area contributed by atoms with E-state index in [0.29, 0.717) is 12.0 Å². The summed E-state index contributed by atoms with van der Waals surface area (Å²) in [6.45, 7) is 8.60. The molecule has 0 aliphatic heterocycles. The molecule has 0 unspecified atom stereocenters. The summed E-state index contributed by atoms with van der Waals surface area (Å²) in [5, 5.41) is 2.83. The molecule has 1 N–H and O–H groups in total. The molecule has 1 rings (SSSR count). The van der Waals surface area contributed by atoms with Crippen LogP contribution in [0.25, 0.3) is 0 Å². The molecule has 0 heterocycles. The van der Waals surface area contributed by atoms with Gasteiger partial charge in [0.2, 0.25) is 0 Å². The minimum absolute atomic E-state index is 0.0430. The Balaban J connectivity index is 2.60. The first-order valence-electron chi connectivity index (χ1n) is 9.78. The molecule has 1 aromatic rings. The van der Waals surface area contributed by atoms with Crippen molar-refractivity contribution in [3.05, 3.63) is 35.4 Å². The van der Waals surface area contributed by atoms with Crippen molar-refractivity contribution in [2.45, 2.75) is 84.1 Å². The largest absolute Gasteiger partial charge is 0.467 e. The minimum Gasteiger partial charge on any atom is -0.467 e. The number of methoxy groups -OCH3 is 1. The maximum Gasteiger partial charge on any atom is 0.328 e. The highest BCUT2D eigenvalue weighted by atomic mass is 16.5. The third-order valence-corrected chi connectivity index (χ3v) is 4.65. The van der Waals surface area contributed by atoms with Crippen LogP contribution in [0.15, 0.2) is 24.3 Å². The van der Waals surface area contributed by atoms with Crippen LogP contribution in [0.2, 0.25) is 0 Å². The van der Waals surface area contributed by atoms with E-state index in [1.165, 1.54) is 38.4 Å². The summed E-state index contributed by atoms with van der Waals surface area (Å²) in [5.41, 5.74) is 1.78. The molecule has 0 fully saturated rings. The summed E-state index contributed by atoms with van der Waals surface area (Å²) in [5.74, 6) is -0.606. The predicted octanol–water partition coefficient (Wildman–Crippen LogP) is 5.01. The number of rotatable bonds is 10. The normalized spacial score (nSPS) is 12.5. The van der Waals surface area contributed by atoms with Gasteiger partial charge < -0.3 is 10.1 Å². The monoisotopic (exact) mass is 361 g/mol. The van der Waals surface area contributed by atoms with Crippen molar-refractivity contribution < 1.29 is 14.3 Å². The average molecular weight is 362 g/mol. The fraction of sp³-hybridized carbons (Fsp3) is 0.636. The number of carbonyl (C=O) groups is 2. The minimum atomic E-state index is -0.582. The van der Waals surface area contributed by atoms with E-state index in [0.717, 1.165) is 12.8 Å². The van der Waals surface area contributed by atoms with Crippen LogP contribution in [0.3, 0.4) is 0 Å². The zero-order valence-electron chi connectivity index (χ0n) is 17.1. The molecule has 1 amide bonds. The van der Waals surface area contributed by atoms with Crippen molar-refractivity contribution >= 4 is 11.9 Å². The zero-order chi connectivity index (χ0) is 19.6. The third kappa shape index (κ3) is 7.59. The quantitative estimate of drug-likeness (QED) is 0.471. The molecular formula is C22H35NO3. The SMILES string of the molecule is CCCCCCCC[C@H](NC(=O)c1ccc(C(C)(C)C)cc1)C(=O)OC. The highest BCUT2D eigenvalue weighted by Gasteiger charge is 2.22. The lowest BCUT2D eigenvalue weighted by atomic mass is 9.86. The lowest BCUT2D eigenvalue weighted by Crippen LogP contribution is -2.41. The van der Waals surface area contributed by atoms with Gasteiger partial charge >= 0.3 is 5.97 Å². The Kier molecular flexibility index (Phi) is 9.39. The summed E-state index contributed by atoms with van der Waals surface area (Å²) in [7, 11) is 1.36. The number of carbonyl (C=O) groups excluding carboxylic acids is 2. The van der Waals surface area contributed by atoms with Crippen LogP contribution in [0.5, 0.6) is 0 Å². The lowest BCUT2D eigenvalue weighted by molar-refractivity contribution is -0.143. The molecule has 0 saturated carbocycles. The Bertz CT molecular complexity index is 558. The number of hydrogen-bond donors (Lipinski definition) is 1. The van der Waals surface area contributed by atoms with Crippen molar-refractivity contribution in [3.63, 3.8) is 0 Å². The Morgan fingerprint density at radius 2 is 1.58 bits per heavy atom. The standard InChI is InChI=1S/C22H35NO3/c1-6-7-8-9-10-11-12-19(21(25)26-5)23-20(24)17-13-15-18(16-14-17)22(2,3)4/h13-16,19H,6-12H2,1-5H3,(H,23,24)/t19-/m0/s1. The first-order chi connectivity index (χ1) is 12.3. The molecule has 0 bridgehead atoms. The van der Waals surface area contributed by atoms with Gasteiger partial charge in [-0.2, -0.15) is 0 Å². The third-order valence-electron chi connectivity index (χ3n) is 4.65. The van der Waals surface area contributed by atoms with Crippen LogP contribution in [-0.4, -0.2) is 25.0 Å².